The predicted molar refractivity (Wildman–Crippen MR) is 94.0 cm³/mol. The van der Waals surface area contributed by atoms with Gasteiger partial charge in [-0.05, 0) is 19.1 Å². The zero-order valence-corrected chi connectivity index (χ0v) is 14.9. The average Bonchev–Trinajstić information content (AvgIpc) is 3.17. The van der Waals surface area contributed by atoms with E-state index in [0.717, 1.165) is 5.56 Å². The summed E-state index contributed by atoms with van der Waals surface area (Å²) in [4.78, 5) is 16.7. The van der Waals surface area contributed by atoms with Crippen molar-refractivity contribution in [2.45, 2.75) is 6.92 Å². The van der Waals surface area contributed by atoms with Gasteiger partial charge in [0.05, 0.1) is 21.3 Å². The van der Waals surface area contributed by atoms with Crippen LogP contribution in [0.4, 0.5) is 0 Å². The highest BCUT2D eigenvalue weighted by molar-refractivity contribution is 6.06. The van der Waals surface area contributed by atoms with E-state index < -0.39 is 0 Å². The number of rotatable bonds is 6. The van der Waals surface area contributed by atoms with Crippen molar-refractivity contribution >= 4 is 5.78 Å². The Labute approximate surface area is 150 Å². The molecule has 0 N–H and O–H groups in total. The number of methoxy groups -OCH3 is 3. The van der Waals surface area contributed by atoms with Gasteiger partial charge >= 0.3 is 0 Å². The molecule has 3 rings (SSSR count). The van der Waals surface area contributed by atoms with Gasteiger partial charge in [-0.3, -0.25) is 4.79 Å². The van der Waals surface area contributed by atoms with E-state index in [2.05, 4.69) is 10.1 Å². The van der Waals surface area contributed by atoms with Crippen molar-refractivity contribution in [3.63, 3.8) is 0 Å². The van der Waals surface area contributed by atoms with Crippen LogP contribution in [-0.4, -0.2) is 37.3 Å². The number of carbonyl (C=O) groups is 1. The molecule has 0 unspecified atom stereocenters. The molecule has 0 aliphatic heterocycles. The minimum Gasteiger partial charge on any atom is -0.493 e. The summed E-state index contributed by atoms with van der Waals surface area (Å²) in [5.74, 6) is 1.20. The minimum absolute atomic E-state index is 0.0856. The molecule has 1 heterocycles. The van der Waals surface area contributed by atoms with Crippen LogP contribution in [-0.2, 0) is 0 Å². The number of carbonyl (C=O) groups excluding carboxylic acids is 1. The second kappa shape index (κ2) is 7.26. The Kier molecular flexibility index (Phi) is 4.88. The molecule has 26 heavy (non-hydrogen) atoms. The summed E-state index contributed by atoms with van der Waals surface area (Å²) >= 11 is 0. The molecule has 0 aliphatic rings. The summed E-state index contributed by atoms with van der Waals surface area (Å²) in [5.41, 5.74) is 2.12. The molecule has 0 radical (unpaired) electrons. The van der Waals surface area contributed by atoms with Crippen LogP contribution in [0.1, 0.15) is 21.8 Å². The lowest BCUT2D eigenvalue weighted by Crippen LogP contribution is -2.01. The number of hydrogen-bond donors (Lipinski definition) is 0. The van der Waals surface area contributed by atoms with Crippen molar-refractivity contribution < 1.29 is 23.5 Å². The molecule has 7 nitrogen and oxygen atoms in total. The van der Waals surface area contributed by atoms with Crippen molar-refractivity contribution in [2.75, 3.05) is 21.3 Å². The molecule has 134 valence electrons. The number of aromatic nitrogens is 2. The maximum absolute atomic E-state index is 12.5. The third kappa shape index (κ3) is 3.23. The molecule has 0 fully saturated rings. The van der Waals surface area contributed by atoms with Crippen LogP contribution in [0.5, 0.6) is 17.2 Å². The lowest BCUT2D eigenvalue weighted by molar-refractivity contribution is 0.0994. The Morgan fingerprint density at radius 2 is 1.58 bits per heavy atom. The maximum Gasteiger partial charge on any atom is 0.299 e. The molecule has 0 spiro atoms. The largest absolute Gasteiger partial charge is 0.493 e. The van der Waals surface area contributed by atoms with Gasteiger partial charge in [0.15, 0.2) is 11.5 Å². The number of ether oxygens (including phenoxy) is 3. The van der Waals surface area contributed by atoms with E-state index in [9.17, 15) is 4.79 Å². The highest BCUT2D eigenvalue weighted by Crippen LogP contribution is 2.40. The normalized spacial score (nSPS) is 10.5. The van der Waals surface area contributed by atoms with Crippen molar-refractivity contribution in [1.29, 1.82) is 0 Å². The van der Waals surface area contributed by atoms with Gasteiger partial charge in [0.25, 0.3) is 11.7 Å². The Hall–Kier alpha value is -3.35. The summed E-state index contributed by atoms with van der Waals surface area (Å²) < 4.78 is 21.1. The molecule has 7 heteroatoms. The highest BCUT2D eigenvalue weighted by atomic mass is 16.5. The van der Waals surface area contributed by atoms with Gasteiger partial charge in [0.1, 0.15) is 0 Å². The van der Waals surface area contributed by atoms with Crippen LogP contribution in [0.15, 0.2) is 40.9 Å². The fraction of sp³-hybridized carbons (Fsp3) is 0.211. The zero-order valence-electron chi connectivity index (χ0n) is 14.9. The van der Waals surface area contributed by atoms with E-state index in [1.807, 2.05) is 19.1 Å². The predicted octanol–water partition coefficient (Wildman–Crippen LogP) is 3.30. The quantitative estimate of drug-likeness (QED) is 0.628. The number of hydrogen-bond acceptors (Lipinski definition) is 7. The first kappa shape index (κ1) is 17.5. The lowest BCUT2D eigenvalue weighted by atomic mass is 10.1. The molecule has 0 aliphatic carbocycles. The minimum atomic E-state index is -0.337. The first-order valence-electron chi connectivity index (χ1n) is 7.82. The fourth-order valence-corrected chi connectivity index (χ4v) is 2.47. The topological polar surface area (TPSA) is 83.7 Å². The molecular formula is C19H18N2O5. The van der Waals surface area contributed by atoms with E-state index in [-0.39, 0.29) is 17.5 Å². The first-order chi connectivity index (χ1) is 12.6. The Morgan fingerprint density at radius 3 is 2.12 bits per heavy atom. The van der Waals surface area contributed by atoms with E-state index >= 15 is 0 Å². The van der Waals surface area contributed by atoms with Gasteiger partial charge < -0.3 is 18.7 Å². The van der Waals surface area contributed by atoms with Crippen LogP contribution in [0.25, 0.3) is 11.4 Å². The third-order valence-electron chi connectivity index (χ3n) is 3.86. The van der Waals surface area contributed by atoms with E-state index in [1.165, 1.54) is 21.3 Å². The highest BCUT2D eigenvalue weighted by Gasteiger charge is 2.20. The number of benzene rings is 2. The molecule has 0 bridgehead atoms. The number of ketones is 1. The van der Waals surface area contributed by atoms with Crippen LogP contribution >= 0.6 is 0 Å². The SMILES string of the molecule is COc1cc(-c2noc(C(=O)c3ccc(C)cc3)n2)cc(OC)c1OC. The Morgan fingerprint density at radius 1 is 0.962 bits per heavy atom. The van der Waals surface area contributed by atoms with Crippen LogP contribution in [0, 0.1) is 6.92 Å². The Balaban J connectivity index is 1.97. The first-order valence-corrected chi connectivity index (χ1v) is 7.82. The summed E-state index contributed by atoms with van der Waals surface area (Å²) in [7, 11) is 4.56. The van der Waals surface area contributed by atoms with Gasteiger partial charge in [-0.2, -0.15) is 4.98 Å². The van der Waals surface area contributed by atoms with E-state index in [4.69, 9.17) is 18.7 Å². The second-order valence-corrected chi connectivity index (χ2v) is 5.53. The molecular weight excluding hydrogens is 336 g/mol. The summed E-state index contributed by atoms with van der Waals surface area (Å²) in [5, 5.41) is 3.90. The molecule has 2 aromatic carbocycles. The lowest BCUT2D eigenvalue weighted by Gasteiger charge is -2.12. The van der Waals surface area contributed by atoms with Crippen LogP contribution < -0.4 is 14.2 Å². The molecule has 0 atom stereocenters. The smallest absolute Gasteiger partial charge is 0.299 e. The van der Waals surface area contributed by atoms with Crippen molar-refractivity contribution in [1.82, 2.24) is 10.1 Å². The maximum atomic E-state index is 12.5. The molecule has 1 aromatic heterocycles. The number of aryl methyl sites for hydroxylation is 1. The van der Waals surface area contributed by atoms with Crippen molar-refractivity contribution in [3.05, 3.63) is 53.4 Å². The number of nitrogens with zero attached hydrogens (tertiary/aromatic N) is 2. The van der Waals surface area contributed by atoms with E-state index in [1.54, 1.807) is 24.3 Å². The molecule has 0 amide bonds. The van der Waals surface area contributed by atoms with Crippen LogP contribution in [0.2, 0.25) is 0 Å². The van der Waals surface area contributed by atoms with Gasteiger partial charge in [0.2, 0.25) is 11.6 Å². The molecule has 0 saturated heterocycles. The van der Waals surface area contributed by atoms with Gasteiger partial charge in [0, 0.05) is 11.1 Å². The van der Waals surface area contributed by atoms with Crippen molar-refractivity contribution in [3.8, 4) is 28.6 Å². The van der Waals surface area contributed by atoms with Gasteiger partial charge in [-0.25, -0.2) is 0 Å². The molecule has 3 aromatic rings. The molecule has 0 saturated carbocycles. The summed E-state index contributed by atoms with van der Waals surface area (Å²) in [6.45, 7) is 1.95. The summed E-state index contributed by atoms with van der Waals surface area (Å²) in [6.07, 6.45) is 0. The fourth-order valence-electron chi connectivity index (χ4n) is 2.47. The zero-order chi connectivity index (χ0) is 18.7. The Bertz CT molecular complexity index is 906. The van der Waals surface area contributed by atoms with Crippen molar-refractivity contribution in [2.24, 2.45) is 0 Å². The monoisotopic (exact) mass is 354 g/mol. The summed E-state index contributed by atoms with van der Waals surface area (Å²) in [6, 6.07) is 10.5. The van der Waals surface area contributed by atoms with E-state index in [0.29, 0.717) is 28.4 Å². The third-order valence-corrected chi connectivity index (χ3v) is 3.86. The van der Waals surface area contributed by atoms with Gasteiger partial charge in [-0.15, -0.1) is 0 Å². The van der Waals surface area contributed by atoms with Crippen LogP contribution in [0.3, 0.4) is 0 Å². The second-order valence-electron chi connectivity index (χ2n) is 5.53. The average molecular weight is 354 g/mol. The standard InChI is InChI=1S/C19H18N2O5/c1-11-5-7-12(8-6-11)16(22)19-20-18(21-26-19)13-9-14(23-2)17(25-4)15(10-13)24-3/h5-10H,1-4H3. The van der Waals surface area contributed by atoms with Gasteiger partial charge in [-0.1, -0.05) is 35.0 Å².